The van der Waals surface area contributed by atoms with Crippen LogP contribution in [0.4, 0.5) is 0 Å². The number of carboxylic acid groups (broad SMARTS) is 1. The first kappa shape index (κ1) is 15.1. The van der Waals surface area contributed by atoms with E-state index in [0.29, 0.717) is 16.7 Å². The van der Waals surface area contributed by atoms with Gasteiger partial charge in [-0.2, -0.15) is 0 Å². The van der Waals surface area contributed by atoms with E-state index in [9.17, 15) is 9.59 Å². The third kappa shape index (κ3) is 3.44. The van der Waals surface area contributed by atoms with Gasteiger partial charge in [0.1, 0.15) is 0 Å². The van der Waals surface area contributed by atoms with E-state index in [1.54, 1.807) is 32.2 Å². The van der Waals surface area contributed by atoms with Crippen LogP contribution in [0.15, 0.2) is 52.3 Å². The summed E-state index contributed by atoms with van der Waals surface area (Å²) in [5.41, 5.74) is 1.59. The van der Waals surface area contributed by atoms with E-state index in [-0.39, 0.29) is 5.91 Å². The number of carbonyl (C=O) groups is 2. The second-order valence-corrected chi connectivity index (χ2v) is 5.57. The quantitative estimate of drug-likeness (QED) is 0.910. The number of aromatic carboxylic acids is 1. The Kier molecular flexibility index (Phi) is 4.65. The Hall–Kier alpha value is -2.27. The molecule has 5 heteroatoms. The highest BCUT2D eigenvalue weighted by atomic mass is 32.2. The van der Waals surface area contributed by atoms with Crippen molar-refractivity contribution in [3.8, 4) is 0 Å². The average molecular weight is 301 g/mol. The largest absolute Gasteiger partial charge is 0.478 e. The van der Waals surface area contributed by atoms with Crippen LogP contribution in [0.1, 0.15) is 26.3 Å². The Morgan fingerprint density at radius 3 is 2.43 bits per heavy atom. The van der Waals surface area contributed by atoms with Crippen LogP contribution in [0.2, 0.25) is 0 Å². The van der Waals surface area contributed by atoms with Gasteiger partial charge >= 0.3 is 5.97 Å². The number of carboxylic acids is 1. The molecule has 2 aromatic rings. The van der Waals surface area contributed by atoms with E-state index in [2.05, 4.69) is 5.32 Å². The van der Waals surface area contributed by atoms with Gasteiger partial charge in [-0.1, -0.05) is 23.9 Å². The molecule has 0 unspecified atom stereocenters. The number of nitrogens with one attached hydrogen (secondary N) is 1. The molecule has 2 rings (SSSR count). The van der Waals surface area contributed by atoms with Gasteiger partial charge < -0.3 is 10.4 Å². The Morgan fingerprint density at radius 2 is 1.81 bits per heavy atom. The minimum Gasteiger partial charge on any atom is -0.478 e. The van der Waals surface area contributed by atoms with E-state index in [1.807, 2.05) is 24.3 Å². The molecule has 0 spiro atoms. The van der Waals surface area contributed by atoms with E-state index in [0.717, 1.165) is 9.79 Å². The molecule has 2 aromatic carbocycles. The van der Waals surface area contributed by atoms with Crippen molar-refractivity contribution in [3.63, 3.8) is 0 Å². The van der Waals surface area contributed by atoms with Crippen LogP contribution in [-0.2, 0) is 0 Å². The number of benzene rings is 2. The summed E-state index contributed by atoms with van der Waals surface area (Å²) >= 11 is 1.44. The van der Waals surface area contributed by atoms with E-state index in [1.165, 1.54) is 11.8 Å². The minimum absolute atomic E-state index is 0.142. The third-order valence-corrected chi connectivity index (χ3v) is 4.08. The number of hydrogen-bond acceptors (Lipinski definition) is 3. The number of carbonyl (C=O) groups excluding carboxylic acids is 1. The maximum absolute atomic E-state index is 11.8. The maximum Gasteiger partial charge on any atom is 0.335 e. The standard InChI is InChI=1S/C16H15NO3S/c1-10-9-11(7-8-12(10)16(19)20)21-14-6-4-3-5-13(14)15(18)17-2/h3-9H,1-2H3,(H,17,18)(H,19,20). The van der Waals surface area contributed by atoms with Gasteiger partial charge in [0.25, 0.3) is 5.91 Å². The lowest BCUT2D eigenvalue weighted by atomic mass is 10.1. The van der Waals surface area contributed by atoms with Crippen molar-refractivity contribution in [2.75, 3.05) is 7.05 Å². The summed E-state index contributed by atoms with van der Waals surface area (Å²) in [4.78, 5) is 24.6. The first-order chi connectivity index (χ1) is 10.0. The molecule has 0 atom stereocenters. The van der Waals surface area contributed by atoms with Crippen LogP contribution in [0.5, 0.6) is 0 Å². The molecule has 0 aliphatic carbocycles. The molecule has 0 aliphatic heterocycles. The van der Waals surface area contributed by atoms with Crippen LogP contribution in [0.3, 0.4) is 0 Å². The SMILES string of the molecule is CNC(=O)c1ccccc1Sc1ccc(C(=O)O)c(C)c1. The van der Waals surface area contributed by atoms with Gasteiger partial charge in [0.05, 0.1) is 11.1 Å². The summed E-state index contributed by atoms with van der Waals surface area (Å²) in [7, 11) is 1.59. The van der Waals surface area contributed by atoms with Gasteiger partial charge in [-0.3, -0.25) is 4.79 Å². The van der Waals surface area contributed by atoms with Gasteiger partial charge in [-0.05, 0) is 42.8 Å². The monoisotopic (exact) mass is 301 g/mol. The lowest BCUT2D eigenvalue weighted by Gasteiger charge is -2.09. The van der Waals surface area contributed by atoms with Crippen molar-refractivity contribution in [2.45, 2.75) is 16.7 Å². The van der Waals surface area contributed by atoms with Gasteiger partial charge in [0.2, 0.25) is 0 Å². The molecule has 4 nitrogen and oxygen atoms in total. The molecule has 0 fully saturated rings. The van der Waals surface area contributed by atoms with Gasteiger partial charge in [-0.25, -0.2) is 4.79 Å². The summed E-state index contributed by atoms with van der Waals surface area (Å²) in [6.07, 6.45) is 0. The Morgan fingerprint density at radius 1 is 1.10 bits per heavy atom. The van der Waals surface area contributed by atoms with Crippen molar-refractivity contribution in [1.82, 2.24) is 5.32 Å². The van der Waals surface area contributed by atoms with Crippen molar-refractivity contribution in [3.05, 3.63) is 59.2 Å². The second-order valence-electron chi connectivity index (χ2n) is 4.46. The third-order valence-electron chi connectivity index (χ3n) is 3.01. The first-order valence-electron chi connectivity index (χ1n) is 6.36. The molecule has 21 heavy (non-hydrogen) atoms. The number of rotatable bonds is 4. The van der Waals surface area contributed by atoms with Crippen molar-refractivity contribution in [2.24, 2.45) is 0 Å². The summed E-state index contributed by atoms with van der Waals surface area (Å²) in [6.45, 7) is 1.76. The highest BCUT2D eigenvalue weighted by molar-refractivity contribution is 7.99. The molecular weight excluding hydrogens is 286 g/mol. The van der Waals surface area contributed by atoms with Crippen LogP contribution in [0, 0.1) is 6.92 Å². The van der Waals surface area contributed by atoms with E-state index < -0.39 is 5.97 Å². The fourth-order valence-electron chi connectivity index (χ4n) is 1.94. The molecule has 0 aromatic heterocycles. The Balaban J connectivity index is 2.33. The first-order valence-corrected chi connectivity index (χ1v) is 7.17. The lowest BCUT2D eigenvalue weighted by molar-refractivity contribution is 0.0695. The molecule has 2 N–H and O–H groups in total. The summed E-state index contributed by atoms with van der Waals surface area (Å²) in [5, 5.41) is 11.6. The highest BCUT2D eigenvalue weighted by Gasteiger charge is 2.12. The molecule has 0 aliphatic rings. The Labute approximate surface area is 127 Å². The molecule has 0 saturated carbocycles. The van der Waals surface area contributed by atoms with Crippen LogP contribution < -0.4 is 5.32 Å². The predicted octanol–water partition coefficient (Wildman–Crippen LogP) is 3.20. The minimum atomic E-state index is -0.935. The van der Waals surface area contributed by atoms with Gasteiger partial charge in [0, 0.05) is 16.8 Å². The lowest BCUT2D eigenvalue weighted by Crippen LogP contribution is -2.18. The summed E-state index contributed by atoms with van der Waals surface area (Å²) < 4.78 is 0. The number of hydrogen-bond donors (Lipinski definition) is 2. The molecular formula is C16H15NO3S. The van der Waals surface area contributed by atoms with Crippen molar-refractivity contribution in [1.29, 1.82) is 0 Å². The zero-order chi connectivity index (χ0) is 15.4. The highest BCUT2D eigenvalue weighted by Crippen LogP contribution is 2.31. The maximum atomic E-state index is 11.8. The molecule has 0 heterocycles. The fraction of sp³-hybridized carbons (Fsp3) is 0.125. The van der Waals surface area contributed by atoms with Crippen molar-refractivity contribution >= 4 is 23.6 Å². The number of amides is 1. The normalized spacial score (nSPS) is 10.2. The van der Waals surface area contributed by atoms with Crippen LogP contribution in [0.25, 0.3) is 0 Å². The summed E-state index contributed by atoms with van der Waals surface area (Å²) in [6, 6.07) is 12.5. The second kappa shape index (κ2) is 6.45. The van der Waals surface area contributed by atoms with E-state index in [4.69, 9.17) is 5.11 Å². The van der Waals surface area contributed by atoms with Crippen molar-refractivity contribution < 1.29 is 14.7 Å². The topological polar surface area (TPSA) is 66.4 Å². The van der Waals surface area contributed by atoms with Gasteiger partial charge in [0.15, 0.2) is 0 Å². The molecule has 0 saturated heterocycles. The smallest absolute Gasteiger partial charge is 0.335 e. The number of aryl methyl sites for hydroxylation is 1. The van der Waals surface area contributed by atoms with Gasteiger partial charge in [-0.15, -0.1) is 0 Å². The summed E-state index contributed by atoms with van der Waals surface area (Å²) in [5.74, 6) is -1.08. The molecule has 108 valence electrons. The van der Waals surface area contributed by atoms with Crippen LogP contribution in [-0.4, -0.2) is 24.0 Å². The average Bonchev–Trinajstić information content (AvgIpc) is 2.46. The molecule has 1 amide bonds. The zero-order valence-corrected chi connectivity index (χ0v) is 12.5. The Bertz CT molecular complexity index is 698. The predicted molar refractivity (Wildman–Crippen MR) is 82.1 cm³/mol. The van der Waals surface area contributed by atoms with Crippen LogP contribution >= 0.6 is 11.8 Å². The molecule has 0 radical (unpaired) electrons. The zero-order valence-electron chi connectivity index (χ0n) is 11.7. The fourth-order valence-corrected chi connectivity index (χ4v) is 2.99. The van der Waals surface area contributed by atoms with E-state index >= 15 is 0 Å². The molecule has 0 bridgehead atoms.